The van der Waals surface area contributed by atoms with Gasteiger partial charge in [-0.3, -0.25) is 9.59 Å². The second-order valence-electron chi connectivity index (χ2n) is 5.98. The Balaban J connectivity index is 2.02. The van der Waals surface area contributed by atoms with Crippen molar-refractivity contribution >= 4 is 23.6 Å². The van der Waals surface area contributed by atoms with Crippen molar-refractivity contribution < 1.29 is 19.1 Å². The van der Waals surface area contributed by atoms with Crippen molar-refractivity contribution in [3.63, 3.8) is 0 Å². The number of carbonyl (C=O) groups excluding carboxylic acids is 2. The summed E-state index contributed by atoms with van der Waals surface area (Å²) < 4.78 is 10.5. The minimum Gasteiger partial charge on any atom is -0.493 e. The molecule has 0 saturated carbocycles. The quantitative estimate of drug-likeness (QED) is 0.733. The number of benzene rings is 2. The third kappa shape index (κ3) is 5.88. The lowest BCUT2D eigenvalue weighted by molar-refractivity contribution is -0.117. The zero-order valence-corrected chi connectivity index (χ0v) is 15.9. The lowest BCUT2D eigenvalue weighted by atomic mass is 10.1. The van der Waals surface area contributed by atoms with Crippen molar-refractivity contribution in [3.05, 3.63) is 59.7 Å². The Morgan fingerprint density at radius 1 is 1.04 bits per heavy atom. The topological polar surface area (TPSA) is 76.7 Å². The van der Waals surface area contributed by atoms with E-state index in [0.717, 1.165) is 11.1 Å². The molecule has 0 fully saturated rings. The van der Waals surface area contributed by atoms with Gasteiger partial charge >= 0.3 is 0 Å². The first-order valence-corrected chi connectivity index (χ1v) is 8.51. The molecule has 1 atom stereocenters. The molecular weight excluding hydrogens is 344 g/mol. The summed E-state index contributed by atoms with van der Waals surface area (Å²) in [5.41, 5.74) is 2.42. The molecule has 0 saturated heterocycles. The van der Waals surface area contributed by atoms with Crippen molar-refractivity contribution in [2.45, 2.75) is 19.9 Å². The van der Waals surface area contributed by atoms with Gasteiger partial charge in [0.1, 0.15) is 0 Å². The van der Waals surface area contributed by atoms with Gasteiger partial charge in [-0.1, -0.05) is 18.2 Å². The van der Waals surface area contributed by atoms with Crippen LogP contribution in [0.3, 0.4) is 0 Å². The number of hydrogen-bond donors (Lipinski definition) is 2. The van der Waals surface area contributed by atoms with E-state index < -0.39 is 0 Å². The minimum absolute atomic E-state index is 0.137. The molecule has 0 aliphatic rings. The number of amides is 2. The maximum absolute atomic E-state index is 12.2. The first-order chi connectivity index (χ1) is 12.9. The van der Waals surface area contributed by atoms with Gasteiger partial charge in [-0.25, -0.2) is 0 Å². The van der Waals surface area contributed by atoms with E-state index in [-0.39, 0.29) is 17.9 Å². The number of carbonyl (C=O) groups is 2. The highest BCUT2D eigenvalue weighted by Gasteiger charge is 2.09. The summed E-state index contributed by atoms with van der Waals surface area (Å²) in [6, 6.07) is 12.6. The zero-order valence-electron chi connectivity index (χ0n) is 15.9. The third-order valence-corrected chi connectivity index (χ3v) is 3.90. The molecule has 6 nitrogen and oxygen atoms in total. The van der Waals surface area contributed by atoms with E-state index in [0.29, 0.717) is 17.2 Å². The van der Waals surface area contributed by atoms with Crippen molar-refractivity contribution in [2.24, 2.45) is 0 Å². The van der Waals surface area contributed by atoms with E-state index in [1.54, 1.807) is 38.5 Å². The molecule has 2 aromatic rings. The van der Waals surface area contributed by atoms with E-state index in [1.165, 1.54) is 13.0 Å². The van der Waals surface area contributed by atoms with Gasteiger partial charge in [0, 0.05) is 18.7 Å². The van der Waals surface area contributed by atoms with Crippen LogP contribution in [-0.4, -0.2) is 26.0 Å². The van der Waals surface area contributed by atoms with Gasteiger partial charge in [-0.2, -0.15) is 0 Å². The lowest BCUT2D eigenvalue weighted by Crippen LogP contribution is -2.24. The second kappa shape index (κ2) is 9.43. The van der Waals surface area contributed by atoms with Gasteiger partial charge in [-0.15, -0.1) is 0 Å². The molecule has 0 radical (unpaired) electrons. The highest BCUT2D eigenvalue weighted by molar-refractivity contribution is 5.92. The Kier molecular flexibility index (Phi) is 7.00. The van der Waals surface area contributed by atoms with Gasteiger partial charge in [0.05, 0.1) is 20.3 Å². The van der Waals surface area contributed by atoms with Gasteiger partial charge < -0.3 is 20.1 Å². The van der Waals surface area contributed by atoms with Crippen molar-refractivity contribution in [2.75, 3.05) is 19.5 Å². The van der Waals surface area contributed by atoms with Crippen LogP contribution in [0.1, 0.15) is 31.0 Å². The summed E-state index contributed by atoms with van der Waals surface area (Å²) in [7, 11) is 3.14. The van der Waals surface area contributed by atoms with E-state index >= 15 is 0 Å². The molecule has 0 aliphatic heterocycles. The number of ether oxygens (including phenoxy) is 2. The smallest absolute Gasteiger partial charge is 0.244 e. The summed E-state index contributed by atoms with van der Waals surface area (Å²) in [6.07, 6.45) is 3.17. The molecular formula is C21H24N2O4. The van der Waals surface area contributed by atoms with E-state index in [2.05, 4.69) is 10.6 Å². The Morgan fingerprint density at radius 3 is 2.44 bits per heavy atom. The lowest BCUT2D eigenvalue weighted by Gasteiger charge is -2.14. The highest BCUT2D eigenvalue weighted by Crippen LogP contribution is 2.28. The van der Waals surface area contributed by atoms with Crippen LogP contribution < -0.4 is 20.1 Å². The fourth-order valence-electron chi connectivity index (χ4n) is 2.56. The summed E-state index contributed by atoms with van der Waals surface area (Å²) in [5, 5.41) is 5.64. The largest absolute Gasteiger partial charge is 0.493 e. The van der Waals surface area contributed by atoms with E-state index in [1.807, 2.05) is 31.2 Å². The fraction of sp³-hybridized carbons (Fsp3) is 0.238. The minimum atomic E-state index is -0.220. The fourth-order valence-corrected chi connectivity index (χ4v) is 2.56. The molecule has 2 rings (SSSR count). The van der Waals surface area contributed by atoms with Gasteiger partial charge in [0.2, 0.25) is 11.8 Å². The molecule has 2 aromatic carbocycles. The average Bonchev–Trinajstić information content (AvgIpc) is 2.65. The first kappa shape index (κ1) is 20.0. The van der Waals surface area contributed by atoms with E-state index in [9.17, 15) is 9.59 Å². The zero-order chi connectivity index (χ0) is 19.8. The Bertz CT molecular complexity index is 846. The Labute approximate surface area is 159 Å². The number of methoxy groups -OCH3 is 2. The summed E-state index contributed by atoms with van der Waals surface area (Å²) in [5.74, 6) is 0.874. The van der Waals surface area contributed by atoms with Crippen molar-refractivity contribution in [3.8, 4) is 11.5 Å². The van der Waals surface area contributed by atoms with E-state index in [4.69, 9.17) is 9.47 Å². The van der Waals surface area contributed by atoms with Gasteiger partial charge in [0.15, 0.2) is 11.5 Å². The second-order valence-corrected chi connectivity index (χ2v) is 5.98. The standard InChI is InChI=1S/C21H24N2O4/c1-14(17-6-5-7-18(13-17)23-15(2)24)22-21(25)11-9-16-8-10-19(26-3)20(12-16)27-4/h5-14H,1-4H3,(H,22,25)(H,23,24)/b11-9+. The molecule has 1 unspecified atom stereocenters. The Hall–Kier alpha value is -3.28. The average molecular weight is 368 g/mol. The van der Waals surface area contributed by atoms with Crippen LogP contribution in [-0.2, 0) is 9.59 Å². The molecule has 0 bridgehead atoms. The molecule has 27 heavy (non-hydrogen) atoms. The number of anilines is 1. The highest BCUT2D eigenvalue weighted by atomic mass is 16.5. The molecule has 0 spiro atoms. The van der Waals surface area contributed by atoms with Crippen LogP contribution in [0.25, 0.3) is 6.08 Å². The normalized spacial score (nSPS) is 11.7. The molecule has 0 heterocycles. The monoisotopic (exact) mass is 368 g/mol. The van der Waals surface area contributed by atoms with Crippen LogP contribution in [0, 0.1) is 0 Å². The molecule has 0 aromatic heterocycles. The number of hydrogen-bond acceptors (Lipinski definition) is 4. The molecule has 0 aliphatic carbocycles. The molecule has 142 valence electrons. The predicted octanol–water partition coefficient (Wildman–Crippen LogP) is 3.55. The van der Waals surface area contributed by atoms with Crippen LogP contribution >= 0.6 is 0 Å². The van der Waals surface area contributed by atoms with Crippen molar-refractivity contribution in [1.82, 2.24) is 5.32 Å². The third-order valence-electron chi connectivity index (χ3n) is 3.90. The number of nitrogens with one attached hydrogen (secondary N) is 2. The summed E-state index contributed by atoms with van der Waals surface area (Å²) in [4.78, 5) is 23.4. The Morgan fingerprint density at radius 2 is 1.78 bits per heavy atom. The predicted molar refractivity (Wildman–Crippen MR) is 106 cm³/mol. The molecule has 6 heteroatoms. The molecule has 2 N–H and O–H groups in total. The van der Waals surface area contributed by atoms with Crippen molar-refractivity contribution in [1.29, 1.82) is 0 Å². The van der Waals surface area contributed by atoms with Gasteiger partial charge in [0.25, 0.3) is 0 Å². The molecule has 2 amide bonds. The first-order valence-electron chi connectivity index (χ1n) is 8.51. The SMILES string of the molecule is COc1ccc(/C=C/C(=O)NC(C)c2cccc(NC(C)=O)c2)cc1OC. The van der Waals surface area contributed by atoms with Gasteiger partial charge in [-0.05, 0) is 48.4 Å². The van der Waals surface area contributed by atoms with Crippen LogP contribution in [0.15, 0.2) is 48.5 Å². The summed E-state index contributed by atoms with van der Waals surface area (Å²) >= 11 is 0. The van der Waals surface area contributed by atoms with Crippen LogP contribution in [0.2, 0.25) is 0 Å². The van der Waals surface area contributed by atoms with Crippen LogP contribution in [0.5, 0.6) is 11.5 Å². The van der Waals surface area contributed by atoms with Crippen LogP contribution in [0.4, 0.5) is 5.69 Å². The number of rotatable bonds is 7. The maximum Gasteiger partial charge on any atom is 0.244 e. The maximum atomic E-state index is 12.2. The summed E-state index contributed by atoms with van der Waals surface area (Å²) in [6.45, 7) is 3.34.